The van der Waals surface area contributed by atoms with Crippen LogP contribution in [0.1, 0.15) is 144 Å². The molecule has 5 unspecified atom stereocenters. The lowest BCUT2D eigenvalue weighted by molar-refractivity contribution is -0.287. The van der Waals surface area contributed by atoms with E-state index in [1.807, 2.05) is 166 Å². The lowest BCUT2D eigenvalue weighted by Gasteiger charge is -2.27. The highest BCUT2D eigenvalue weighted by Crippen LogP contribution is 2.54. The molecule has 4 amide bonds. The number of anilines is 4. The Labute approximate surface area is 678 Å². The van der Waals surface area contributed by atoms with E-state index in [9.17, 15) is 50.3 Å². The third-order valence-electron chi connectivity index (χ3n) is 21.0. The molecule has 119 heavy (non-hydrogen) atoms. The molecule has 10 aromatic carbocycles. The summed E-state index contributed by atoms with van der Waals surface area (Å²) in [7, 11) is 6.47. The highest BCUT2D eigenvalue weighted by atomic mass is 19.3. The van der Waals surface area contributed by atoms with Gasteiger partial charge in [-0.2, -0.15) is 0 Å². The number of nitrogens with one attached hydrogen (secondary N) is 4. The number of para-hydroxylation sites is 3. The van der Waals surface area contributed by atoms with Crippen molar-refractivity contribution in [2.75, 3.05) is 69.7 Å². The number of methoxy groups -OCH3 is 4. The van der Waals surface area contributed by atoms with Crippen molar-refractivity contribution in [2.45, 2.75) is 108 Å². The summed E-state index contributed by atoms with van der Waals surface area (Å²) >= 11 is 0. The Morgan fingerprint density at radius 1 is 0.361 bits per heavy atom. The molecule has 23 nitrogen and oxygen atoms in total. The molecule has 4 N–H and O–H groups in total. The highest BCUT2D eigenvalue weighted by Gasteiger charge is 2.48. The Hall–Kier alpha value is -13.5. The van der Waals surface area contributed by atoms with Crippen molar-refractivity contribution >= 4 is 52.2 Å². The Bertz CT molecular complexity index is 5560. The maximum absolute atomic E-state index is 13.4. The summed E-state index contributed by atoms with van der Waals surface area (Å²) in [5.41, 5.74) is 12.2. The van der Waals surface area contributed by atoms with Gasteiger partial charge in [-0.1, -0.05) is 92.7 Å². The lowest BCUT2D eigenvalue weighted by atomic mass is 9.78. The van der Waals surface area contributed by atoms with Crippen molar-refractivity contribution in [3.05, 3.63) is 249 Å². The van der Waals surface area contributed by atoms with Gasteiger partial charge in [0.1, 0.15) is 40.3 Å². The molecule has 0 aromatic heterocycles. The first-order valence-corrected chi connectivity index (χ1v) is 38.2. The van der Waals surface area contributed by atoms with Gasteiger partial charge in [0.15, 0.2) is 46.0 Å². The number of hydrogen-bond donors (Lipinski definition) is 4. The van der Waals surface area contributed by atoms with E-state index >= 15 is 0 Å². The van der Waals surface area contributed by atoms with Crippen LogP contribution in [-0.4, -0.2) is 96.7 Å². The summed E-state index contributed by atoms with van der Waals surface area (Å²) in [6.45, 7) is 7.24. The smallest absolute Gasteiger partial charge is 0.497 e. The van der Waals surface area contributed by atoms with E-state index in [0.717, 1.165) is 78.9 Å². The monoisotopic (exact) mass is 1630 g/mol. The van der Waals surface area contributed by atoms with Gasteiger partial charge in [0.2, 0.25) is 30.4 Å². The molecule has 10 aromatic rings. The molecule has 0 fully saturated rings. The summed E-state index contributed by atoms with van der Waals surface area (Å²) < 4.78 is 151. The number of halogens is 6. The quantitative estimate of drug-likeness (QED) is 0.0737. The van der Waals surface area contributed by atoms with Gasteiger partial charge in [-0.25, -0.2) is 0 Å². The number of amides is 4. The van der Waals surface area contributed by atoms with Crippen LogP contribution in [0.4, 0.5) is 49.1 Å². The minimum absolute atomic E-state index is 0.00279. The van der Waals surface area contributed by atoms with Crippen LogP contribution in [0.2, 0.25) is 0 Å². The summed E-state index contributed by atoms with van der Waals surface area (Å²) in [4.78, 5) is 60.5. The average Bonchev–Trinajstić information content (AvgIpc) is 1.53. The van der Waals surface area contributed by atoms with Gasteiger partial charge >= 0.3 is 18.9 Å². The molecule has 5 atom stereocenters. The van der Waals surface area contributed by atoms with E-state index in [-0.39, 0.29) is 120 Å². The normalized spacial score (nSPS) is 19.2. The maximum Gasteiger partial charge on any atom is 0.586 e. The van der Waals surface area contributed by atoms with Crippen molar-refractivity contribution < 1.29 is 117 Å². The molecule has 19 rings (SSSR count). The summed E-state index contributed by atoms with van der Waals surface area (Å²) in [6, 6.07) is 56.3. The van der Waals surface area contributed by atoms with Crippen LogP contribution < -0.4 is 87.6 Å². The first-order chi connectivity index (χ1) is 57.2. The van der Waals surface area contributed by atoms with Crippen molar-refractivity contribution in [2.24, 2.45) is 5.92 Å². The van der Waals surface area contributed by atoms with Crippen LogP contribution >= 0.6 is 0 Å². The second-order valence-corrected chi connectivity index (χ2v) is 29.2. The fourth-order valence-corrected chi connectivity index (χ4v) is 15.6. The highest BCUT2D eigenvalue weighted by molar-refractivity contribution is 5.99. The van der Waals surface area contributed by atoms with Crippen molar-refractivity contribution in [1.29, 1.82) is 0 Å². The molecule has 0 spiro atoms. The van der Waals surface area contributed by atoms with Gasteiger partial charge in [0, 0.05) is 126 Å². The zero-order valence-corrected chi connectivity index (χ0v) is 65.3. The van der Waals surface area contributed by atoms with Gasteiger partial charge in [0.05, 0.1) is 41.7 Å². The number of Topliss-reactive ketones (excluding diaryl/α,β-unsaturated/α-hetero) is 1. The topological polar surface area (TPSA) is 263 Å². The number of carbonyl (C=O) groups excluding carboxylic acids is 5. The van der Waals surface area contributed by atoms with Gasteiger partial charge in [-0.3, -0.25) is 24.0 Å². The van der Waals surface area contributed by atoms with Crippen LogP contribution in [0.5, 0.6) is 80.5 Å². The van der Waals surface area contributed by atoms with E-state index in [0.29, 0.717) is 89.5 Å². The molecule has 29 heteroatoms. The predicted octanol–water partition coefficient (Wildman–Crippen LogP) is 18.1. The number of fused-ring (bicyclic) bond motifs is 9. The van der Waals surface area contributed by atoms with Crippen LogP contribution in [0.25, 0.3) is 0 Å². The number of rotatable bonds is 14. The number of carbonyl (C=O) groups is 5. The molecule has 8 heterocycles. The fraction of sp³-hybridized carbons (Fsp3) is 0.278. The zero-order valence-electron chi connectivity index (χ0n) is 65.3. The largest absolute Gasteiger partial charge is 0.586 e. The zero-order chi connectivity index (χ0) is 83.6. The fourth-order valence-electron chi connectivity index (χ4n) is 15.6. The predicted molar refractivity (Wildman–Crippen MR) is 422 cm³/mol. The Morgan fingerprint density at radius 3 is 1.17 bits per heavy atom. The van der Waals surface area contributed by atoms with Crippen LogP contribution in [0, 0.1) is 5.92 Å². The molecule has 9 aliphatic rings. The first kappa shape index (κ1) is 80.7. The number of benzene rings is 10. The van der Waals surface area contributed by atoms with E-state index in [2.05, 4.69) is 49.7 Å². The molecule has 0 saturated carbocycles. The number of alkyl halides is 6. The van der Waals surface area contributed by atoms with E-state index in [1.165, 1.54) is 30.3 Å². The Kier molecular flexibility index (Phi) is 22.8. The second kappa shape index (κ2) is 33.6. The van der Waals surface area contributed by atoms with Gasteiger partial charge in [-0.15, -0.1) is 26.3 Å². The molecular formula is C90H80F6N4O19. The van der Waals surface area contributed by atoms with E-state index in [1.54, 1.807) is 40.6 Å². The summed E-state index contributed by atoms with van der Waals surface area (Å²) in [5.74, 6) is 4.66. The average molecular weight is 1640 g/mol. The van der Waals surface area contributed by atoms with Crippen LogP contribution in [0.15, 0.2) is 188 Å². The van der Waals surface area contributed by atoms with E-state index < -0.39 is 18.9 Å². The number of ketones is 1. The molecule has 0 radical (unpaired) electrons. The third kappa shape index (κ3) is 17.8. The Morgan fingerprint density at radius 2 is 0.714 bits per heavy atom. The van der Waals surface area contributed by atoms with Crippen LogP contribution in [0.3, 0.4) is 0 Å². The van der Waals surface area contributed by atoms with Crippen LogP contribution in [-0.2, 0) is 30.4 Å². The third-order valence-corrected chi connectivity index (χ3v) is 21.0. The van der Waals surface area contributed by atoms with Crippen molar-refractivity contribution in [3.63, 3.8) is 0 Å². The number of ether oxygens (including phenoxy) is 14. The van der Waals surface area contributed by atoms with Crippen molar-refractivity contribution in [1.82, 2.24) is 0 Å². The summed E-state index contributed by atoms with van der Waals surface area (Å²) in [6.07, 6.45) is -9.35. The molecule has 616 valence electrons. The SMILES string of the molecule is CC(C)COc1ccccc1C1CC(=O)Nc2cc3c(cc21)OC(F)(F)O3.CCOc1ccccc1C1CC(=O)Cc2cc3c(cc21)OC(F)(F)O3.COc1ccc(C2CC(=O)Nc3cc4c(cc32)OCO4)cc1.COc1ccc(C2CC(=O)Nc3ccc(OC)cc32)cc1.COc1ccccc1C1CC(=O)Nc2cc3c(cc21)OC(F)(F)O3. The second-order valence-electron chi connectivity index (χ2n) is 29.2. The minimum atomic E-state index is -3.70. The first-order valence-electron chi connectivity index (χ1n) is 38.2. The van der Waals surface area contributed by atoms with E-state index in [4.69, 9.17) is 37.9 Å². The van der Waals surface area contributed by atoms with Gasteiger partial charge in [-0.05, 0) is 148 Å². The molecule has 0 saturated heterocycles. The summed E-state index contributed by atoms with van der Waals surface area (Å²) in [5, 5.41) is 11.2. The maximum atomic E-state index is 13.4. The van der Waals surface area contributed by atoms with Gasteiger partial charge < -0.3 is 87.6 Å². The standard InChI is InChI=1S/C20H19F2NO4.C19H16F2O4.C17H13F2NO4.C17H15NO4.C17H17NO3/c1-11(2)10-25-16-6-4-3-5-12(16)13-8-19(24)23-15-9-18-17(7-14(13)15)26-20(21,22)27-18;1-2-23-16-6-4-3-5-13(16)15-9-12(22)7-11-8-17-18(10-14(11)15)25-19(20,21)24-17;1-22-13-5-3-2-4-9(13)10-7-16(21)20-12-8-15-14(6-11(10)12)23-17(18,19)24-15;1-20-11-4-2-10(3-5-11)12-7-17(19)18-14-8-16-15(6-13(12)14)21-9-22-16;1-20-12-5-3-11(4-6-12)14-10-17(19)18-16-8-7-13(21-2)9-15(14)16/h3-7,9,11,13H,8,10H2,1-2H3,(H,23,24);3-6,8,10,15H,2,7,9H2,1H3;2-6,8,10H,7H2,1H3,(H,20,21);2-6,8,12H,7,9H2,1H3,(H,18,19);3-9,14H,10H2,1-2H3,(H,18,19). The van der Waals surface area contributed by atoms with Gasteiger partial charge in [0.25, 0.3) is 0 Å². The Balaban J connectivity index is 0.000000116. The van der Waals surface area contributed by atoms with Crippen molar-refractivity contribution in [3.8, 4) is 80.5 Å². The molecule has 1 aliphatic carbocycles. The minimum Gasteiger partial charge on any atom is -0.497 e. The molecular weight excluding hydrogens is 1550 g/mol. The lowest BCUT2D eigenvalue weighted by Crippen LogP contribution is -2.25. The molecule has 0 bridgehead atoms. The number of hydrogen-bond acceptors (Lipinski definition) is 19. The molecule has 8 aliphatic heterocycles.